The van der Waals surface area contributed by atoms with Crippen molar-refractivity contribution < 1.29 is 4.42 Å². The van der Waals surface area contributed by atoms with Crippen molar-refractivity contribution in [3.63, 3.8) is 0 Å². The average molecular weight is 568 g/mol. The van der Waals surface area contributed by atoms with E-state index in [1.54, 1.807) is 0 Å². The van der Waals surface area contributed by atoms with Crippen LogP contribution >= 0.6 is 11.3 Å². The van der Waals surface area contributed by atoms with Gasteiger partial charge < -0.3 is 9.32 Å². The van der Waals surface area contributed by atoms with Gasteiger partial charge in [0.2, 0.25) is 0 Å². The third-order valence-electron chi connectivity index (χ3n) is 8.41. The summed E-state index contributed by atoms with van der Waals surface area (Å²) in [6, 6.07) is 54.4. The summed E-state index contributed by atoms with van der Waals surface area (Å²) >= 11 is 1.86. The molecule has 202 valence electrons. The number of anilines is 3. The molecule has 0 aliphatic rings. The van der Waals surface area contributed by atoms with Gasteiger partial charge in [0.15, 0.2) is 0 Å². The lowest BCUT2D eigenvalue weighted by Gasteiger charge is -2.26. The first-order chi connectivity index (χ1) is 21.3. The van der Waals surface area contributed by atoms with Gasteiger partial charge >= 0.3 is 0 Å². The molecule has 9 aromatic rings. The third kappa shape index (κ3) is 4.01. The molecule has 0 aliphatic carbocycles. The van der Waals surface area contributed by atoms with Crippen molar-refractivity contribution in [2.24, 2.45) is 0 Å². The summed E-state index contributed by atoms with van der Waals surface area (Å²) in [4.78, 5) is 2.34. The Labute approximate surface area is 252 Å². The molecule has 0 aliphatic heterocycles. The van der Waals surface area contributed by atoms with E-state index in [-0.39, 0.29) is 0 Å². The average Bonchev–Trinajstić information content (AvgIpc) is 3.62. The second-order valence-corrected chi connectivity index (χ2v) is 12.1. The topological polar surface area (TPSA) is 16.4 Å². The maximum atomic E-state index is 6.33. The molecule has 2 aromatic heterocycles. The Morgan fingerprint density at radius 1 is 0.395 bits per heavy atom. The second-order valence-electron chi connectivity index (χ2n) is 11.0. The molecule has 43 heavy (non-hydrogen) atoms. The van der Waals surface area contributed by atoms with E-state index < -0.39 is 0 Å². The molecule has 9 rings (SSSR count). The molecule has 0 fully saturated rings. The van der Waals surface area contributed by atoms with Gasteiger partial charge in [-0.1, -0.05) is 84.9 Å². The number of rotatable bonds is 4. The third-order valence-corrected chi connectivity index (χ3v) is 9.54. The summed E-state index contributed by atoms with van der Waals surface area (Å²) in [7, 11) is 0. The van der Waals surface area contributed by atoms with Crippen molar-refractivity contribution in [3.8, 4) is 11.1 Å². The zero-order chi connectivity index (χ0) is 28.3. The number of furan rings is 1. The van der Waals surface area contributed by atoms with E-state index in [2.05, 4.69) is 144 Å². The van der Waals surface area contributed by atoms with Gasteiger partial charge in [-0.2, -0.15) is 0 Å². The van der Waals surface area contributed by atoms with Gasteiger partial charge in [0, 0.05) is 54.1 Å². The molecule has 0 unspecified atom stereocenters. The van der Waals surface area contributed by atoms with Gasteiger partial charge in [0.05, 0.1) is 0 Å². The Morgan fingerprint density at radius 3 is 2.05 bits per heavy atom. The summed E-state index contributed by atoms with van der Waals surface area (Å²) in [6.45, 7) is 0. The molecule has 0 radical (unpaired) electrons. The predicted octanol–water partition coefficient (Wildman–Crippen LogP) is 12.2. The van der Waals surface area contributed by atoms with Gasteiger partial charge in [-0.15, -0.1) is 11.3 Å². The van der Waals surface area contributed by atoms with Crippen LogP contribution in [0.25, 0.3) is 64.0 Å². The number of benzene rings is 7. The predicted molar refractivity (Wildman–Crippen MR) is 184 cm³/mol. The minimum Gasteiger partial charge on any atom is -0.456 e. The lowest BCUT2D eigenvalue weighted by Crippen LogP contribution is -2.10. The molecule has 0 atom stereocenters. The second kappa shape index (κ2) is 9.59. The van der Waals surface area contributed by atoms with Crippen molar-refractivity contribution in [3.05, 3.63) is 152 Å². The van der Waals surface area contributed by atoms with Crippen LogP contribution in [0.2, 0.25) is 0 Å². The first-order valence-corrected chi connectivity index (χ1v) is 15.3. The molecular weight excluding hydrogens is 543 g/mol. The maximum absolute atomic E-state index is 6.33. The van der Waals surface area contributed by atoms with Gasteiger partial charge in [-0.05, 0) is 82.6 Å². The van der Waals surface area contributed by atoms with E-state index in [0.29, 0.717) is 0 Å². The van der Waals surface area contributed by atoms with Crippen molar-refractivity contribution in [1.29, 1.82) is 0 Å². The molecule has 2 nitrogen and oxygen atoms in total. The van der Waals surface area contributed by atoms with E-state index in [0.717, 1.165) is 39.0 Å². The zero-order valence-electron chi connectivity index (χ0n) is 23.2. The highest BCUT2D eigenvalue weighted by Gasteiger charge is 2.17. The van der Waals surface area contributed by atoms with Gasteiger partial charge in [0.1, 0.15) is 11.2 Å². The fourth-order valence-corrected chi connectivity index (χ4v) is 7.49. The first-order valence-electron chi connectivity index (χ1n) is 14.5. The number of fused-ring (bicyclic) bond motifs is 7. The van der Waals surface area contributed by atoms with E-state index in [9.17, 15) is 0 Å². The number of para-hydroxylation sites is 1. The van der Waals surface area contributed by atoms with Crippen LogP contribution in [0.5, 0.6) is 0 Å². The lowest BCUT2D eigenvalue weighted by molar-refractivity contribution is 0.669. The van der Waals surface area contributed by atoms with Crippen molar-refractivity contribution in [1.82, 2.24) is 0 Å². The largest absolute Gasteiger partial charge is 0.456 e. The summed E-state index contributed by atoms with van der Waals surface area (Å²) in [5, 5.41) is 7.38. The van der Waals surface area contributed by atoms with Crippen molar-refractivity contribution in [2.45, 2.75) is 0 Å². The number of thiophene rings is 1. The fraction of sp³-hybridized carbons (Fsp3) is 0. The van der Waals surface area contributed by atoms with E-state index in [4.69, 9.17) is 4.42 Å². The smallest absolute Gasteiger partial charge is 0.137 e. The van der Waals surface area contributed by atoms with Crippen molar-refractivity contribution in [2.75, 3.05) is 4.90 Å². The van der Waals surface area contributed by atoms with Crippen LogP contribution < -0.4 is 4.90 Å². The minimum absolute atomic E-state index is 0.885. The van der Waals surface area contributed by atoms with Gasteiger partial charge in [-0.25, -0.2) is 0 Å². The SMILES string of the molecule is c1ccc(-c2cccc(N(c3ccc4cc5c(cc4c3)sc3ccccc35)c3ccc4c(c3)oc3ccccc34)c2)cc1. The van der Waals surface area contributed by atoms with E-state index >= 15 is 0 Å². The monoisotopic (exact) mass is 567 g/mol. The summed E-state index contributed by atoms with van der Waals surface area (Å²) in [5.74, 6) is 0. The van der Waals surface area contributed by atoms with Crippen LogP contribution in [0, 0.1) is 0 Å². The maximum Gasteiger partial charge on any atom is 0.137 e. The van der Waals surface area contributed by atoms with Crippen LogP contribution in [0.1, 0.15) is 0 Å². The standard InChI is InChI=1S/C40H25NOS/c1-2-9-26(10-3-1)27-11-8-12-30(21-27)41(32-19-20-34-33-13-4-6-15-37(33)42-38(34)25-32)31-18-17-28-23-36-35-14-5-7-16-39(35)43-40(36)24-29(28)22-31/h1-25H. The highest BCUT2D eigenvalue weighted by Crippen LogP contribution is 2.42. The van der Waals surface area contributed by atoms with Crippen LogP contribution in [0.4, 0.5) is 17.1 Å². The molecule has 0 amide bonds. The highest BCUT2D eigenvalue weighted by molar-refractivity contribution is 7.25. The highest BCUT2D eigenvalue weighted by atomic mass is 32.1. The number of hydrogen-bond acceptors (Lipinski definition) is 3. The molecule has 2 heterocycles. The van der Waals surface area contributed by atoms with Crippen molar-refractivity contribution >= 4 is 81.3 Å². The molecule has 3 heteroatoms. The Hall–Kier alpha value is -5.38. The molecule has 0 N–H and O–H groups in total. The fourth-order valence-electron chi connectivity index (χ4n) is 6.35. The Bertz CT molecular complexity index is 2470. The summed E-state index contributed by atoms with van der Waals surface area (Å²) in [5.41, 5.74) is 7.43. The molecule has 7 aromatic carbocycles. The summed E-state index contributed by atoms with van der Waals surface area (Å²) in [6.07, 6.45) is 0. The number of hydrogen-bond donors (Lipinski definition) is 0. The van der Waals surface area contributed by atoms with Crippen LogP contribution in [-0.2, 0) is 0 Å². The van der Waals surface area contributed by atoms with Crippen LogP contribution in [0.15, 0.2) is 156 Å². The van der Waals surface area contributed by atoms with Crippen LogP contribution in [0.3, 0.4) is 0 Å². The molecule has 0 bridgehead atoms. The Kier molecular flexibility index (Phi) is 5.40. The summed E-state index contributed by atoms with van der Waals surface area (Å²) < 4.78 is 8.97. The molecule has 0 saturated heterocycles. The molecule has 0 saturated carbocycles. The lowest BCUT2D eigenvalue weighted by atomic mass is 10.0. The quantitative estimate of drug-likeness (QED) is 0.210. The van der Waals surface area contributed by atoms with E-state index in [1.165, 1.54) is 42.1 Å². The van der Waals surface area contributed by atoms with Gasteiger partial charge in [-0.3, -0.25) is 0 Å². The number of nitrogens with zero attached hydrogens (tertiary/aromatic N) is 1. The van der Waals surface area contributed by atoms with Crippen LogP contribution in [-0.4, -0.2) is 0 Å². The minimum atomic E-state index is 0.885. The molecular formula is C40H25NOS. The van der Waals surface area contributed by atoms with Gasteiger partial charge in [0.25, 0.3) is 0 Å². The normalized spacial score (nSPS) is 11.7. The van der Waals surface area contributed by atoms with E-state index in [1.807, 2.05) is 23.5 Å². The first kappa shape index (κ1) is 24.2. The Morgan fingerprint density at radius 2 is 1.12 bits per heavy atom. The molecule has 0 spiro atoms. The Balaban J connectivity index is 1.25. The zero-order valence-corrected chi connectivity index (χ0v) is 24.0.